The lowest BCUT2D eigenvalue weighted by molar-refractivity contribution is 0.306. The fraction of sp³-hybridized carbons (Fsp3) is 1.00. The summed E-state index contributed by atoms with van der Waals surface area (Å²) in [5, 5.41) is 3.70. The van der Waals surface area contributed by atoms with Crippen LogP contribution in [0.15, 0.2) is 0 Å². The standard InChI is InChI=1S/C11H19Cl2N/c1-8(9-7-11(9,12)13)14-10(2)5-3-4-6-10/h8-9,14H,3-7H2,1-2H3. The molecule has 0 aromatic heterocycles. The highest BCUT2D eigenvalue weighted by atomic mass is 35.5. The maximum Gasteiger partial charge on any atom is 0.123 e. The smallest absolute Gasteiger partial charge is 0.123 e. The molecule has 2 rings (SSSR count). The summed E-state index contributed by atoms with van der Waals surface area (Å²) in [5.74, 6) is 0.447. The van der Waals surface area contributed by atoms with E-state index in [-0.39, 0.29) is 0 Å². The highest BCUT2D eigenvalue weighted by Gasteiger charge is 2.55. The normalized spacial score (nSPS) is 35.6. The quantitative estimate of drug-likeness (QED) is 0.739. The van der Waals surface area contributed by atoms with Crippen LogP contribution in [0.3, 0.4) is 0 Å². The van der Waals surface area contributed by atoms with Crippen molar-refractivity contribution >= 4 is 23.2 Å². The zero-order chi connectivity index (χ0) is 10.4. The Morgan fingerprint density at radius 2 is 1.79 bits per heavy atom. The molecule has 14 heavy (non-hydrogen) atoms. The maximum atomic E-state index is 6.06. The van der Waals surface area contributed by atoms with Crippen LogP contribution >= 0.6 is 23.2 Å². The molecule has 2 saturated carbocycles. The Bertz CT molecular complexity index is 221. The van der Waals surface area contributed by atoms with Crippen LogP contribution in [-0.4, -0.2) is 15.9 Å². The molecule has 0 heterocycles. The SMILES string of the molecule is CC(NC1(C)CCCC1)C1CC1(Cl)Cl. The minimum atomic E-state index is -0.443. The molecule has 0 saturated heterocycles. The van der Waals surface area contributed by atoms with Crippen molar-refractivity contribution in [3.05, 3.63) is 0 Å². The van der Waals surface area contributed by atoms with Gasteiger partial charge < -0.3 is 5.32 Å². The molecule has 0 spiro atoms. The fourth-order valence-electron chi connectivity index (χ4n) is 2.73. The largest absolute Gasteiger partial charge is 0.309 e. The van der Waals surface area contributed by atoms with E-state index in [1.807, 2.05) is 0 Å². The average molecular weight is 236 g/mol. The number of alkyl halides is 2. The van der Waals surface area contributed by atoms with Gasteiger partial charge in [0.05, 0.1) is 0 Å². The zero-order valence-corrected chi connectivity index (χ0v) is 10.5. The molecule has 2 unspecified atom stereocenters. The fourth-order valence-corrected chi connectivity index (χ4v) is 3.44. The van der Waals surface area contributed by atoms with Gasteiger partial charge in [0.1, 0.15) is 4.33 Å². The molecule has 2 aliphatic carbocycles. The van der Waals surface area contributed by atoms with Crippen molar-refractivity contribution < 1.29 is 0 Å². The molecule has 2 atom stereocenters. The number of nitrogens with one attached hydrogen (secondary N) is 1. The lowest BCUT2D eigenvalue weighted by Crippen LogP contribution is -2.46. The monoisotopic (exact) mass is 235 g/mol. The zero-order valence-electron chi connectivity index (χ0n) is 8.95. The molecule has 0 aromatic carbocycles. The molecule has 0 bridgehead atoms. The van der Waals surface area contributed by atoms with Crippen molar-refractivity contribution in [1.29, 1.82) is 0 Å². The summed E-state index contributed by atoms with van der Waals surface area (Å²) in [5.41, 5.74) is 0.339. The summed E-state index contributed by atoms with van der Waals surface area (Å²) in [6, 6.07) is 0.452. The topological polar surface area (TPSA) is 12.0 Å². The third-order valence-corrected chi connectivity index (χ3v) is 4.63. The van der Waals surface area contributed by atoms with Crippen molar-refractivity contribution in [3.8, 4) is 0 Å². The molecule has 1 N–H and O–H groups in total. The Labute approximate surface area is 96.5 Å². The van der Waals surface area contributed by atoms with E-state index < -0.39 is 4.33 Å². The van der Waals surface area contributed by atoms with Crippen molar-refractivity contribution in [2.45, 2.75) is 61.9 Å². The highest BCUT2D eigenvalue weighted by molar-refractivity contribution is 6.50. The molecular formula is C11H19Cl2N. The third-order valence-electron chi connectivity index (χ3n) is 3.76. The van der Waals surface area contributed by atoms with E-state index in [4.69, 9.17) is 23.2 Å². The van der Waals surface area contributed by atoms with Crippen molar-refractivity contribution in [2.75, 3.05) is 0 Å². The second kappa shape index (κ2) is 3.54. The van der Waals surface area contributed by atoms with Crippen LogP contribution < -0.4 is 5.32 Å². The molecule has 0 radical (unpaired) electrons. The van der Waals surface area contributed by atoms with Crippen LogP contribution in [0.5, 0.6) is 0 Å². The first-order valence-electron chi connectivity index (χ1n) is 5.58. The third kappa shape index (κ3) is 2.20. The molecule has 0 amide bonds. The van der Waals surface area contributed by atoms with Crippen LogP contribution in [0.4, 0.5) is 0 Å². The molecule has 0 aliphatic heterocycles. The van der Waals surface area contributed by atoms with Crippen molar-refractivity contribution in [1.82, 2.24) is 5.32 Å². The van der Waals surface area contributed by atoms with E-state index in [1.165, 1.54) is 25.7 Å². The van der Waals surface area contributed by atoms with Crippen LogP contribution in [0.2, 0.25) is 0 Å². The first-order chi connectivity index (χ1) is 6.43. The van der Waals surface area contributed by atoms with E-state index in [0.717, 1.165) is 6.42 Å². The van der Waals surface area contributed by atoms with E-state index in [0.29, 0.717) is 17.5 Å². The second-order valence-electron chi connectivity index (χ2n) is 5.27. The second-order valence-corrected chi connectivity index (χ2v) is 6.81. The van der Waals surface area contributed by atoms with Gasteiger partial charge in [-0.1, -0.05) is 12.8 Å². The molecule has 1 nitrogen and oxygen atoms in total. The maximum absolute atomic E-state index is 6.06. The molecule has 3 heteroatoms. The first-order valence-corrected chi connectivity index (χ1v) is 6.34. The molecule has 82 valence electrons. The van der Waals surface area contributed by atoms with E-state index in [9.17, 15) is 0 Å². The van der Waals surface area contributed by atoms with Crippen LogP contribution in [-0.2, 0) is 0 Å². The summed E-state index contributed by atoms with van der Waals surface area (Å²) in [6.45, 7) is 4.53. The van der Waals surface area contributed by atoms with Gasteiger partial charge in [-0.2, -0.15) is 0 Å². The summed E-state index contributed by atoms with van der Waals surface area (Å²) in [7, 11) is 0. The van der Waals surface area contributed by atoms with Gasteiger partial charge in [-0.3, -0.25) is 0 Å². The first kappa shape index (κ1) is 11.0. The Hall–Kier alpha value is 0.540. The summed E-state index contributed by atoms with van der Waals surface area (Å²) < 4.78 is -0.443. The van der Waals surface area contributed by atoms with Crippen LogP contribution in [0.1, 0.15) is 46.0 Å². The van der Waals surface area contributed by atoms with Crippen LogP contribution in [0.25, 0.3) is 0 Å². The summed E-state index contributed by atoms with van der Waals surface area (Å²) >= 11 is 12.1. The predicted molar refractivity (Wildman–Crippen MR) is 62.0 cm³/mol. The van der Waals surface area contributed by atoms with Gasteiger partial charge in [-0.05, 0) is 33.1 Å². The van der Waals surface area contributed by atoms with Crippen molar-refractivity contribution in [2.24, 2.45) is 5.92 Å². The Morgan fingerprint density at radius 3 is 2.21 bits per heavy atom. The lowest BCUT2D eigenvalue weighted by atomic mass is 9.98. The highest BCUT2D eigenvalue weighted by Crippen LogP contribution is 2.55. The van der Waals surface area contributed by atoms with Gasteiger partial charge in [0.25, 0.3) is 0 Å². The van der Waals surface area contributed by atoms with Crippen LogP contribution in [0, 0.1) is 5.92 Å². The Morgan fingerprint density at radius 1 is 1.29 bits per heavy atom. The molecule has 2 fully saturated rings. The number of hydrogen-bond acceptors (Lipinski definition) is 1. The van der Waals surface area contributed by atoms with E-state index >= 15 is 0 Å². The minimum Gasteiger partial charge on any atom is -0.309 e. The van der Waals surface area contributed by atoms with E-state index in [1.54, 1.807) is 0 Å². The Kier molecular flexibility index (Phi) is 2.79. The van der Waals surface area contributed by atoms with Gasteiger partial charge >= 0.3 is 0 Å². The number of rotatable bonds is 3. The average Bonchev–Trinajstić information content (AvgIpc) is 2.51. The van der Waals surface area contributed by atoms with Crippen molar-refractivity contribution in [3.63, 3.8) is 0 Å². The van der Waals surface area contributed by atoms with Gasteiger partial charge in [0.15, 0.2) is 0 Å². The molecule has 2 aliphatic rings. The van der Waals surface area contributed by atoms with Gasteiger partial charge in [-0.15, -0.1) is 23.2 Å². The Balaban J connectivity index is 1.85. The molecule has 0 aromatic rings. The minimum absolute atomic E-state index is 0.339. The van der Waals surface area contributed by atoms with E-state index in [2.05, 4.69) is 19.2 Å². The molecular weight excluding hydrogens is 217 g/mol. The number of halogens is 2. The summed E-state index contributed by atoms with van der Waals surface area (Å²) in [4.78, 5) is 0. The van der Waals surface area contributed by atoms with Gasteiger partial charge in [-0.25, -0.2) is 0 Å². The number of hydrogen-bond donors (Lipinski definition) is 1. The summed E-state index contributed by atoms with van der Waals surface area (Å²) in [6.07, 6.45) is 6.24. The predicted octanol–water partition coefficient (Wildman–Crippen LogP) is 3.49. The van der Waals surface area contributed by atoms with Gasteiger partial charge in [0.2, 0.25) is 0 Å². The lowest BCUT2D eigenvalue weighted by Gasteiger charge is -2.30. The van der Waals surface area contributed by atoms with Gasteiger partial charge in [0, 0.05) is 17.5 Å².